The van der Waals surface area contributed by atoms with Gasteiger partial charge in [0.25, 0.3) is 0 Å². The topological polar surface area (TPSA) is 15.7 Å². The van der Waals surface area contributed by atoms with Gasteiger partial charge in [-0.1, -0.05) is 36.4 Å². The molecule has 0 bridgehead atoms. The van der Waals surface area contributed by atoms with Crippen molar-refractivity contribution in [2.45, 2.75) is 31.5 Å². The first kappa shape index (κ1) is 16.3. The quantitative estimate of drug-likeness (QED) is 0.844. The number of rotatable bonds is 4. The summed E-state index contributed by atoms with van der Waals surface area (Å²) in [4.78, 5) is 6.63. The lowest BCUT2D eigenvalue weighted by molar-refractivity contribution is -0.138. The zero-order chi connectivity index (χ0) is 16.2. The van der Waals surface area contributed by atoms with Gasteiger partial charge in [-0.05, 0) is 29.9 Å². The number of thiophene rings is 1. The van der Waals surface area contributed by atoms with Crippen LogP contribution in [0.1, 0.15) is 23.3 Å². The summed E-state index contributed by atoms with van der Waals surface area (Å²) < 4.78 is 6.29. The maximum Gasteiger partial charge on any atom is 0.0833 e. The average molecular weight is 343 g/mol. The van der Waals surface area contributed by atoms with E-state index in [1.807, 2.05) is 11.3 Å². The van der Waals surface area contributed by atoms with Crippen LogP contribution in [-0.2, 0) is 17.8 Å². The summed E-state index contributed by atoms with van der Waals surface area (Å²) in [6, 6.07) is 15.2. The van der Waals surface area contributed by atoms with Crippen molar-refractivity contribution in [1.29, 1.82) is 0 Å². The summed E-state index contributed by atoms with van der Waals surface area (Å²) in [7, 11) is 0. The number of benzene rings is 1. The first-order chi connectivity index (χ1) is 11.8. The molecule has 0 saturated carbocycles. The molecule has 2 aliphatic heterocycles. The van der Waals surface area contributed by atoms with Gasteiger partial charge >= 0.3 is 0 Å². The molecule has 128 valence electrons. The predicted octanol–water partition coefficient (Wildman–Crippen LogP) is 3.62. The molecule has 2 aromatic rings. The molecule has 1 aromatic heterocycles. The Hall–Kier alpha value is -1.20. The van der Waals surface area contributed by atoms with Crippen LogP contribution in [0.2, 0.25) is 0 Å². The van der Waals surface area contributed by atoms with Crippen LogP contribution < -0.4 is 0 Å². The Morgan fingerprint density at radius 1 is 0.917 bits per heavy atom. The molecule has 0 radical (unpaired) electrons. The molecule has 3 nitrogen and oxygen atoms in total. The zero-order valence-electron chi connectivity index (χ0n) is 14.2. The minimum Gasteiger partial charge on any atom is -0.372 e. The monoisotopic (exact) mass is 342 g/mol. The highest BCUT2D eigenvalue weighted by atomic mass is 32.1. The van der Waals surface area contributed by atoms with Crippen molar-refractivity contribution in [2.75, 3.05) is 32.8 Å². The van der Waals surface area contributed by atoms with Crippen LogP contribution in [0.3, 0.4) is 0 Å². The van der Waals surface area contributed by atoms with Crippen molar-refractivity contribution in [3.05, 3.63) is 58.3 Å². The van der Waals surface area contributed by atoms with Crippen LogP contribution in [-0.4, -0.2) is 48.2 Å². The van der Waals surface area contributed by atoms with E-state index >= 15 is 0 Å². The molecule has 24 heavy (non-hydrogen) atoms. The fraction of sp³-hybridized carbons (Fsp3) is 0.500. The SMILES string of the molecule is c1ccc(CN2CCOC3(CCN(Cc4cccs4)CC3)C2)cc1. The summed E-state index contributed by atoms with van der Waals surface area (Å²) in [5.74, 6) is 0. The summed E-state index contributed by atoms with van der Waals surface area (Å²) in [6.45, 7) is 7.45. The molecule has 0 N–H and O–H groups in total. The molecular formula is C20H26N2OS. The average Bonchev–Trinajstić information content (AvgIpc) is 3.11. The Morgan fingerprint density at radius 2 is 1.75 bits per heavy atom. The van der Waals surface area contributed by atoms with Crippen molar-refractivity contribution >= 4 is 11.3 Å². The Balaban J connectivity index is 1.32. The van der Waals surface area contributed by atoms with Gasteiger partial charge in [0.1, 0.15) is 0 Å². The third-order valence-corrected chi connectivity index (χ3v) is 6.16. The summed E-state index contributed by atoms with van der Waals surface area (Å²) >= 11 is 1.86. The third-order valence-electron chi connectivity index (χ3n) is 5.30. The van der Waals surface area contributed by atoms with E-state index in [2.05, 4.69) is 57.6 Å². The standard InChI is InChI=1S/C20H26N2OS/c1-2-5-18(6-3-1)15-22-12-13-23-20(17-22)8-10-21(11-9-20)16-19-7-4-14-24-19/h1-7,14H,8-13,15-17H2. The minimum absolute atomic E-state index is 0.0823. The number of hydrogen-bond acceptors (Lipinski definition) is 4. The molecule has 0 amide bonds. The lowest BCUT2D eigenvalue weighted by Gasteiger charge is -2.47. The maximum atomic E-state index is 6.29. The molecule has 3 heterocycles. The summed E-state index contributed by atoms with van der Waals surface area (Å²) in [5.41, 5.74) is 1.49. The molecule has 2 aliphatic rings. The van der Waals surface area contributed by atoms with Crippen LogP contribution in [0.4, 0.5) is 0 Å². The van der Waals surface area contributed by atoms with Crippen molar-refractivity contribution in [2.24, 2.45) is 0 Å². The zero-order valence-corrected chi connectivity index (χ0v) is 15.0. The number of likely N-dealkylation sites (tertiary alicyclic amines) is 1. The van der Waals surface area contributed by atoms with E-state index in [0.717, 1.165) is 58.7 Å². The Kier molecular flexibility index (Phi) is 4.99. The fourth-order valence-electron chi connectivity index (χ4n) is 3.94. The number of nitrogens with zero attached hydrogens (tertiary/aromatic N) is 2. The van der Waals surface area contributed by atoms with Crippen molar-refractivity contribution in [3.8, 4) is 0 Å². The van der Waals surface area contributed by atoms with Crippen LogP contribution in [0.25, 0.3) is 0 Å². The highest BCUT2D eigenvalue weighted by Gasteiger charge is 2.39. The normalized spacial score (nSPS) is 22.0. The maximum absolute atomic E-state index is 6.29. The molecule has 4 rings (SSSR count). The van der Waals surface area contributed by atoms with E-state index in [1.165, 1.54) is 10.4 Å². The number of morpholine rings is 1. The van der Waals surface area contributed by atoms with Crippen LogP contribution >= 0.6 is 11.3 Å². The molecule has 4 heteroatoms. The first-order valence-corrected chi connectivity index (χ1v) is 9.84. The smallest absolute Gasteiger partial charge is 0.0833 e. The van der Waals surface area contributed by atoms with Crippen LogP contribution in [0, 0.1) is 0 Å². The van der Waals surface area contributed by atoms with Gasteiger partial charge in [0.05, 0.1) is 12.2 Å². The second kappa shape index (κ2) is 7.36. The lowest BCUT2D eigenvalue weighted by atomic mass is 9.89. The Labute approximate surface area is 148 Å². The van der Waals surface area contributed by atoms with Gasteiger partial charge in [-0.25, -0.2) is 0 Å². The molecule has 1 aromatic carbocycles. The van der Waals surface area contributed by atoms with Gasteiger partial charge in [0.15, 0.2) is 0 Å². The fourth-order valence-corrected chi connectivity index (χ4v) is 4.69. The minimum atomic E-state index is 0.0823. The molecule has 2 saturated heterocycles. The Bertz CT molecular complexity index is 620. The van der Waals surface area contributed by atoms with E-state index in [4.69, 9.17) is 4.74 Å². The largest absolute Gasteiger partial charge is 0.372 e. The van der Waals surface area contributed by atoms with Gasteiger partial charge in [-0.3, -0.25) is 9.80 Å². The van der Waals surface area contributed by atoms with E-state index in [0.29, 0.717) is 0 Å². The van der Waals surface area contributed by atoms with Crippen LogP contribution in [0.15, 0.2) is 47.8 Å². The van der Waals surface area contributed by atoms with E-state index < -0.39 is 0 Å². The second-order valence-electron chi connectivity index (χ2n) is 7.08. The molecule has 0 unspecified atom stereocenters. The first-order valence-electron chi connectivity index (χ1n) is 8.96. The number of hydrogen-bond donors (Lipinski definition) is 0. The van der Waals surface area contributed by atoms with Gasteiger partial charge in [0.2, 0.25) is 0 Å². The van der Waals surface area contributed by atoms with Gasteiger partial charge in [-0.15, -0.1) is 11.3 Å². The van der Waals surface area contributed by atoms with Gasteiger partial charge in [0, 0.05) is 44.1 Å². The second-order valence-corrected chi connectivity index (χ2v) is 8.12. The molecule has 1 spiro atoms. The lowest BCUT2D eigenvalue weighted by Crippen LogP contribution is -2.56. The summed E-state index contributed by atoms with van der Waals surface area (Å²) in [5, 5.41) is 2.17. The summed E-state index contributed by atoms with van der Waals surface area (Å²) in [6.07, 6.45) is 2.31. The Morgan fingerprint density at radius 3 is 2.50 bits per heavy atom. The van der Waals surface area contributed by atoms with Gasteiger partial charge < -0.3 is 4.74 Å². The molecule has 2 fully saturated rings. The molecule has 0 aliphatic carbocycles. The predicted molar refractivity (Wildman–Crippen MR) is 99.2 cm³/mol. The third kappa shape index (κ3) is 3.89. The molecular weight excluding hydrogens is 316 g/mol. The van der Waals surface area contributed by atoms with Gasteiger partial charge in [-0.2, -0.15) is 0 Å². The highest BCUT2D eigenvalue weighted by molar-refractivity contribution is 7.09. The number of ether oxygens (including phenoxy) is 1. The van der Waals surface area contributed by atoms with E-state index in [-0.39, 0.29) is 5.60 Å². The molecule has 0 atom stereocenters. The van der Waals surface area contributed by atoms with E-state index in [1.54, 1.807) is 0 Å². The van der Waals surface area contributed by atoms with E-state index in [9.17, 15) is 0 Å². The van der Waals surface area contributed by atoms with Crippen molar-refractivity contribution < 1.29 is 4.74 Å². The number of piperidine rings is 1. The highest BCUT2D eigenvalue weighted by Crippen LogP contribution is 2.31. The van der Waals surface area contributed by atoms with Crippen molar-refractivity contribution in [1.82, 2.24) is 9.80 Å². The van der Waals surface area contributed by atoms with Crippen molar-refractivity contribution in [3.63, 3.8) is 0 Å². The van der Waals surface area contributed by atoms with Crippen LogP contribution in [0.5, 0.6) is 0 Å².